The predicted molar refractivity (Wildman–Crippen MR) is 266 cm³/mol. The van der Waals surface area contributed by atoms with Crippen molar-refractivity contribution in [1.82, 2.24) is 9.13 Å². The van der Waals surface area contributed by atoms with Crippen molar-refractivity contribution < 1.29 is 0 Å². The van der Waals surface area contributed by atoms with Gasteiger partial charge in [-0.05, 0) is 124 Å². The van der Waals surface area contributed by atoms with E-state index in [0.717, 1.165) is 50.7 Å². The third-order valence-electron chi connectivity index (χ3n) is 12.5. The average Bonchev–Trinajstić information content (AvgIpc) is 3.88. The molecule has 63 heavy (non-hydrogen) atoms. The van der Waals surface area contributed by atoms with Crippen LogP contribution in [0.1, 0.15) is 0 Å². The summed E-state index contributed by atoms with van der Waals surface area (Å²) in [6.07, 6.45) is 0. The number of hydrogen-bond donors (Lipinski definition) is 0. The molecule has 3 heteroatoms. The number of anilines is 3. The summed E-state index contributed by atoms with van der Waals surface area (Å²) in [5.74, 6) is 0. The minimum atomic E-state index is 1.10. The fraction of sp³-hybridized carbons (Fsp3) is 0. The van der Waals surface area contributed by atoms with Gasteiger partial charge in [-0.25, -0.2) is 0 Å². The molecule has 3 nitrogen and oxygen atoms in total. The van der Waals surface area contributed by atoms with Gasteiger partial charge in [0.05, 0.1) is 22.1 Å². The van der Waals surface area contributed by atoms with Crippen LogP contribution in [0.5, 0.6) is 0 Å². The lowest BCUT2D eigenvalue weighted by Crippen LogP contribution is -2.09. The number of para-hydroxylation sites is 6. The Morgan fingerprint density at radius 2 is 0.619 bits per heavy atom. The van der Waals surface area contributed by atoms with Crippen molar-refractivity contribution in [1.29, 1.82) is 0 Å². The Kier molecular flexibility index (Phi) is 8.83. The zero-order valence-electron chi connectivity index (χ0n) is 34.5. The van der Waals surface area contributed by atoms with E-state index in [0.29, 0.717) is 0 Å². The largest absolute Gasteiger partial charge is 0.311 e. The third kappa shape index (κ3) is 6.29. The van der Waals surface area contributed by atoms with Gasteiger partial charge in [-0.1, -0.05) is 158 Å². The van der Waals surface area contributed by atoms with Crippen LogP contribution in [-0.2, 0) is 0 Å². The Morgan fingerprint density at radius 3 is 1.11 bits per heavy atom. The van der Waals surface area contributed by atoms with Gasteiger partial charge in [0.15, 0.2) is 0 Å². The highest BCUT2D eigenvalue weighted by atomic mass is 15.1. The highest BCUT2D eigenvalue weighted by molar-refractivity contribution is 6.10. The lowest BCUT2D eigenvalue weighted by molar-refractivity contribution is 1.18. The molecule has 296 valence electrons. The van der Waals surface area contributed by atoms with Crippen molar-refractivity contribution in [2.45, 2.75) is 0 Å². The van der Waals surface area contributed by atoms with Gasteiger partial charge in [-0.15, -0.1) is 0 Å². The second kappa shape index (κ2) is 15.3. The topological polar surface area (TPSA) is 13.1 Å². The summed E-state index contributed by atoms with van der Waals surface area (Å²) in [5.41, 5.74) is 17.4. The molecular formula is C60H41N3. The Bertz CT molecular complexity index is 3470. The minimum absolute atomic E-state index is 1.10. The van der Waals surface area contributed by atoms with E-state index in [4.69, 9.17) is 0 Å². The van der Waals surface area contributed by atoms with E-state index in [9.17, 15) is 0 Å². The maximum atomic E-state index is 2.40. The lowest BCUT2D eigenvalue weighted by atomic mass is 9.90. The van der Waals surface area contributed by atoms with E-state index in [1.54, 1.807) is 0 Å². The van der Waals surface area contributed by atoms with E-state index in [1.165, 1.54) is 54.7 Å². The first-order chi connectivity index (χ1) is 31.3. The van der Waals surface area contributed by atoms with Crippen molar-refractivity contribution in [2.75, 3.05) is 4.90 Å². The first kappa shape index (κ1) is 36.5. The van der Waals surface area contributed by atoms with E-state index in [-0.39, 0.29) is 0 Å². The number of nitrogens with zero attached hydrogens (tertiary/aromatic N) is 3. The Morgan fingerprint density at radius 1 is 0.238 bits per heavy atom. The number of hydrogen-bond acceptors (Lipinski definition) is 1. The number of aromatic nitrogens is 2. The molecule has 0 aliphatic carbocycles. The molecule has 0 aliphatic rings. The Hall–Kier alpha value is -8.40. The van der Waals surface area contributed by atoms with Crippen LogP contribution >= 0.6 is 0 Å². The van der Waals surface area contributed by atoms with Gasteiger partial charge in [-0.2, -0.15) is 0 Å². The van der Waals surface area contributed by atoms with Crippen LogP contribution in [0.25, 0.3) is 88.4 Å². The van der Waals surface area contributed by atoms with Crippen LogP contribution in [0.15, 0.2) is 249 Å². The summed E-state index contributed by atoms with van der Waals surface area (Å²) in [7, 11) is 0. The van der Waals surface area contributed by atoms with Gasteiger partial charge >= 0.3 is 0 Å². The van der Waals surface area contributed by atoms with Crippen molar-refractivity contribution in [2.24, 2.45) is 0 Å². The maximum Gasteiger partial charge on any atom is 0.0541 e. The van der Waals surface area contributed by atoms with Gasteiger partial charge < -0.3 is 14.0 Å². The summed E-state index contributed by atoms with van der Waals surface area (Å²) in [6.45, 7) is 0. The van der Waals surface area contributed by atoms with Gasteiger partial charge in [0.1, 0.15) is 0 Å². The maximum absolute atomic E-state index is 2.40. The van der Waals surface area contributed by atoms with Gasteiger partial charge in [0, 0.05) is 50.0 Å². The molecule has 0 radical (unpaired) electrons. The lowest BCUT2D eigenvalue weighted by Gasteiger charge is -2.25. The molecule has 0 amide bonds. The summed E-state index contributed by atoms with van der Waals surface area (Å²) < 4.78 is 4.80. The molecule has 0 saturated heterocycles. The summed E-state index contributed by atoms with van der Waals surface area (Å²) in [6, 6.07) is 90.1. The monoisotopic (exact) mass is 803 g/mol. The normalized spacial score (nSPS) is 11.5. The highest BCUT2D eigenvalue weighted by Crippen LogP contribution is 2.41. The van der Waals surface area contributed by atoms with Crippen molar-refractivity contribution in [3.8, 4) is 44.8 Å². The van der Waals surface area contributed by atoms with E-state index >= 15 is 0 Å². The van der Waals surface area contributed by atoms with Gasteiger partial charge in [0.25, 0.3) is 0 Å². The molecule has 2 heterocycles. The van der Waals surface area contributed by atoms with Crippen LogP contribution < -0.4 is 4.90 Å². The number of rotatable bonds is 8. The number of benzene rings is 10. The molecule has 0 bridgehead atoms. The highest BCUT2D eigenvalue weighted by Gasteiger charge is 2.18. The van der Waals surface area contributed by atoms with Gasteiger partial charge in [0.2, 0.25) is 0 Å². The average molecular weight is 804 g/mol. The second-order valence-corrected chi connectivity index (χ2v) is 16.2. The predicted octanol–water partition coefficient (Wildman–Crippen LogP) is 16.4. The Labute approximate surface area is 366 Å². The zero-order valence-corrected chi connectivity index (χ0v) is 34.5. The third-order valence-corrected chi connectivity index (χ3v) is 12.5. The summed E-state index contributed by atoms with van der Waals surface area (Å²) >= 11 is 0. The van der Waals surface area contributed by atoms with Crippen molar-refractivity contribution in [3.05, 3.63) is 249 Å². The standard InChI is InChI=1S/C60H41N3/c1-3-19-46(20-4-1)61(47-21-5-2-6-22-47)48-36-33-42(34-37-48)56-41-44(43-17-15-23-49(39-43)62-57-29-11-7-25-52(57)53-26-8-12-30-58(53)62)35-38-51(56)45-18-16-24-50(40-45)63-59-31-13-9-27-54(59)55-28-10-14-32-60(55)63/h1-41H. The molecule has 0 atom stereocenters. The van der Waals surface area contributed by atoms with Crippen LogP contribution in [0, 0.1) is 0 Å². The molecular weight excluding hydrogens is 763 g/mol. The molecule has 0 aliphatic heterocycles. The molecule has 2 aromatic heterocycles. The fourth-order valence-electron chi connectivity index (χ4n) is 9.64. The van der Waals surface area contributed by atoms with E-state index < -0.39 is 0 Å². The van der Waals surface area contributed by atoms with Crippen molar-refractivity contribution in [3.63, 3.8) is 0 Å². The fourth-order valence-corrected chi connectivity index (χ4v) is 9.64. The molecule has 0 fully saturated rings. The number of fused-ring (bicyclic) bond motifs is 6. The summed E-state index contributed by atoms with van der Waals surface area (Å²) in [5, 5.41) is 5.03. The van der Waals surface area contributed by atoms with Crippen LogP contribution in [0.3, 0.4) is 0 Å². The SMILES string of the molecule is c1ccc(N(c2ccccc2)c2ccc(-c3cc(-c4cccc(-n5c6ccccc6c6ccccc65)c4)ccc3-c3cccc(-n4c5ccccc5c5ccccc54)c3)cc2)cc1. The zero-order chi connectivity index (χ0) is 41.7. The first-order valence-electron chi connectivity index (χ1n) is 21.6. The van der Waals surface area contributed by atoms with Crippen LogP contribution in [-0.4, -0.2) is 9.13 Å². The quantitative estimate of drug-likeness (QED) is 0.149. The van der Waals surface area contributed by atoms with E-state index in [1.807, 2.05) is 0 Å². The van der Waals surface area contributed by atoms with Crippen LogP contribution in [0.4, 0.5) is 17.1 Å². The second-order valence-electron chi connectivity index (χ2n) is 16.2. The van der Waals surface area contributed by atoms with Gasteiger partial charge in [-0.3, -0.25) is 0 Å². The minimum Gasteiger partial charge on any atom is -0.311 e. The molecule has 0 N–H and O–H groups in total. The molecule has 0 spiro atoms. The summed E-state index contributed by atoms with van der Waals surface area (Å²) in [4.78, 5) is 2.32. The molecule has 12 rings (SSSR count). The van der Waals surface area contributed by atoms with E-state index in [2.05, 4.69) is 263 Å². The van der Waals surface area contributed by atoms with Crippen LogP contribution in [0.2, 0.25) is 0 Å². The smallest absolute Gasteiger partial charge is 0.0541 e. The molecule has 0 saturated carbocycles. The van der Waals surface area contributed by atoms with Crippen molar-refractivity contribution >= 4 is 60.7 Å². The molecule has 10 aromatic carbocycles. The molecule has 12 aromatic rings. The molecule has 0 unspecified atom stereocenters. The first-order valence-corrected chi connectivity index (χ1v) is 21.6. The Balaban J connectivity index is 1.02.